The Morgan fingerprint density at radius 3 is 2.50 bits per heavy atom. The Hall–Kier alpha value is -4.63. The number of anilines is 2. The molecule has 0 aliphatic carbocycles. The normalized spacial score (nSPS) is 17.3. The molecule has 0 radical (unpaired) electrons. The predicted molar refractivity (Wildman–Crippen MR) is 148 cm³/mol. The molecule has 4 aromatic rings. The zero-order valence-electron chi connectivity index (χ0n) is 22.2. The summed E-state index contributed by atoms with van der Waals surface area (Å²) in [7, 11) is 0. The average molecular weight is 541 g/mol. The third-order valence-corrected chi connectivity index (χ3v) is 7.56. The van der Waals surface area contributed by atoms with Gasteiger partial charge >= 0.3 is 5.69 Å². The van der Waals surface area contributed by atoms with Crippen molar-refractivity contribution in [2.45, 2.75) is 25.8 Å². The third kappa shape index (κ3) is 4.80. The maximum absolute atomic E-state index is 15.2. The second-order valence-electron chi connectivity index (χ2n) is 9.97. The van der Waals surface area contributed by atoms with Crippen LogP contribution in [-0.4, -0.2) is 68.6 Å². The van der Waals surface area contributed by atoms with E-state index in [-0.39, 0.29) is 17.4 Å². The van der Waals surface area contributed by atoms with Crippen molar-refractivity contribution in [3.05, 3.63) is 76.6 Å². The number of rotatable bonds is 6. The summed E-state index contributed by atoms with van der Waals surface area (Å²) in [4.78, 5) is 30.6. The van der Waals surface area contributed by atoms with Crippen molar-refractivity contribution in [2.24, 2.45) is 0 Å². The molecule has 1 atom stereocenters. The number of aromatic nitrogens is 6. The summed E-state index contributed by atoms with van der Waals surface area (Å²) in [6, 6.07) is 8.58. The number of hydrogen-bond acceptors (Lipinski definition) is 9. The standard InChI is InChI=1S/C28H29FN10O/c1-2-19-14-33-27(34-15-19)37-9-7-36(8-10-37)26-21(13-30)11-22(16-32-26)20-3-4-25(24(29)12-20)38-18-35-39(28(38)40)23-5-6-31-17-23/h3-4,11-12,14-16,18,23,31H,2,5-10,17H2,1H3. The third-order valence-electron chi connectivity index (χ3n) is 7.56. The quantitative estimate of drug-likeness (QED) is 0.393. The van der Waals surface area contributed by atoms with Crippen LogP contribution in [0.15, 0.2) is 54.0 Å². The van der Waals surface area contributed by atoms with Gasteiger partial charge in [-0.05, 0) is 48.7 Å². The molecule has 204 valence electrons. The first-order valence-corrected chi connectivity index (χ1v) is 13.4. The molecule has 12 heteroatoms. The van der Waals surface area contributed by atoms with Gasteiger partial charge in [-0.25, -0.2) is 33.4 Å². The first-order valence-electron chi connectivity index (χ1n) is 13.4. The van der Waals surface area contributed by atoms with Gasteiger partial charge in [-0.2, -0.15) is 10.4 Å². The van der Waals surface area contributed by atoms with E-state index in [9.17, 15) is 10.1 Å². The maximum Gasteiger partial charge on any atom is 0.350 e. The smallest absolute Gasteiger partial charge is 0.350 e. The lowest BCUT2D eigenvalue weighted by Gasteiger charge is -2.35. The first-order chi connectivity index (χ1) is 19.6. The second kappa shape index (κ2) is 10.9. The predicted octanol–water partition coefficient (Wildman–Crippen LogP) is 2.32. The zero-order chi connectivity index (χ0) is 27.6. The van der Waals surface area contributed by atoms with Gasteiger partial charge in [0.25, 0.3) is 0 Å². The fourth-order valence-electron chi connectivity index (χ4n) is 5.22. The van der Waals surface area contributed by atoms with Gasteiger partial charge in [0.05, 0.1) is 17.3 Å². The number of nitrogens with zero attached hydrogens (tertiary/aromatic N) is 9. The Labute approximate surface area is 230 Å². The van der Waals surface area contributed by atoms with Crippen LogP contribution in [0.1, 0.15) is 30.5 Å². The molecule has 2 aliphatic heterocycles. The van der Waals surface area contributed by atoms with E-state index in [2.05, 4.69) is 48.2 Å². The summed E-state index contributed by atoms with van der Waals surface area (Å²) >= 11 is 0. The van der Waals surface area contributed by atoms with Crippen LogP contribution < -0.4 is 20.8 Å². The van der Waals surface area contributed by atoms with Gasteiger partial charge in [0.15, 0.2) is 0 Å². The highest BCUT2D eigenvalue weighted by atomic mass is 19.1. The molecule has 0 saturated carbocycles. The van der Waals surface area contributed by atoms with Crippen LogP contribution in [0.4, 0.5) is 16.2 Å². The van der Waals surface area contributed by atoms with E-state index in [1.165, 1.54) is 21.6 Å². The minimum atomic E-state index is -0.559. The van der Waals surface area contributed by atoms with Gasteiger partial charge in [0.1, 0.15) is 24.0 Å². The zero-order valence-corrected chi connectivity index (χ0v) is 22.2. The lowest BCUT2D eigenvalue weighted by Crippen LogP contribution is -2.47. The van der Waals surface area contributed by atoms with Gasteiger partial charge in [-0.15, -0.1) is 0 Å². The van der Waals surface area contributed by atoms with Crippen LogP contribution in [0.25, 0.3) is 16.8 Å². The van der Waals surface area contributed by atoms with Crippen molar-refractivity contribution in [3.63, 3.8) is 0 Å². The molecule has 11 nitrogen and oxygen atoms in total. The van der Waals surface area contributed by atoms with E-state index >= 15 is 4.39 Å². The molecule has 2 fully saturated rings. The molecule has 1 unspecified atom stereocenters. The van der Waals surface area contributed by atoms with Crippen LogP contribution >= 0.6 is 0 Å². The van der Waals surface area contributed by atoms with E-state index in [1.807, 2.05) is 12.4 Å². The van der Waals surface area contributed by atoms with Crippen LogP contribution in [0.3, 0.4) is 0 Å². The van der Waals surface area contributed by atoms with E-state index in [0.717, 1.165) is 24.9 Å². The molecule has 2 saturated heterocycles. The highest BCUT2D eigenvalue weighted by Gasteiger charge is 2.24. The van der Waals surface area contributed by atoms with Crippen molar-refractivity contribution in [1.29, 1.82) is 5.26 Å². The summed E-state index contributed by atoms with van der Waals surface area (Å²) in [5.74, 6) is 0.749. The Morgan fingerprint density at radius 2 is 1.82 bits per heavy atom. The number of piperazine rings is 1. The number of nitrogens with one attached hydrogen (secondary N) is 1. The second-order valence-corrected chi connectivity index (χ2v) is 9.97. The van der Waals surface area contributed by atoms with Crippen LogP contribution in [0.5, 0.6) is 0 Å². The van der Waals surface area contributed by atoms with Crippen LogP contribution in [-0.2, 0) is 6.42 Å². The molecule has 0 spiro atoms. The lowest BCUT2D eigenvalue weighted by atomic mass is 10.0. The maximum atomic E-state index is 15.2. The Kier molecular flexibility index (Phi) is 6.96. The van der Waals surface area contributed by atoms with E-state index in [0.29, 0.717) is 61.2 Å². The molecule has 5 heterocycles. The summed E-state index contributed by atoms with van der Waals surface area (Å²) in [5.41, 5.74) is 2.46. The molecule has 3 aromatic heterocycles. The number of halogens is 1. The molecular weight excluding hydrogens is 511 g/mol. The van der Waals surface area contributed by atoms with Gasteiger partial charge in [-0.1, -0.05) is 13.0 Å². The van der Waals surface area contributed by atoms with Gasteiger partial charge in [-0.3, -0.25) is 0 Å². The summed E-state index contributed by atoms with van der Waals surface area (Å²) in [6.07, 6.45) is 8.43. The number of pyridine rings is 1. The fraction of sp³-hybridized carbons (Fsp3) is 0.357. The van der Waals surface area contributed by atoms with Gasteiger partial charge in [0, 0.05) is 56.9 Å². The Bertz CT molecular complexity index is 1610. The molecule has 1 aromatic carbocycles. The number of nitriles is 1. The summed E-state index contributed by atoms with van der Waals surface area (Å²) < 4.78 is 17.9. The van der Waals surface area contributed by atoms with E-state index in [4.69, 9.17) is 0 Å². The van der Waals surface area contributed by atoms with Crippen molar-refractivity contribution in [1.82, 2.24) is 34.6 Å². The van der Waals surface area contributed by atoms with Crippen LogP contribution in [0, 0.1) is 17.1 Å². The monoisotopic (exact) mass is 540 g/mol. The first kappa shape index (κ1) is 25.6. The summed E-state index contributed by atoms with van der Waals surface area (Å²) in [5, 5.41) is 17.3. The molecule has 40 heavy (non-hydrogen) atoms. The Balaban J connectivity index is 1.19. The molecule has 1 N–H and O–H groups in total. The molecule has 0 bridgehead atoms. The van der Waals surface area contributed by atoms with Gasteiger partial charge in [0.2, 0.25) is 5.95 Å². The number of hydrogen-bond donors (Lipinski definition) is 1. The number of aryl methyl sites for hydroxylation is 1. The largest absolute Gasteiger partial charge is 0.352 e. The van der Waals surface area contributed by atoms with Crippen LogP contribution in [0.2, 0.25) is 0 Å². The van der Waals surface area contributed by atoms with E-state index < -0.39 is 5.82 Å². The highest BCUT2D eigenvalue weighted by Crippen LogP contribution is 2.28. The van der Waals surface area contributed by atoms with Crippen molar-refractivity contribution >= 4 is 11.8 Å². The molecule has 0 amide bonds. The molecular formula is C28H29FN10O. The highest BCUT2D eigenvalue weighted by molar-refractivity contribution is 5.69. The SMILES string of the molecule is CCc1cnc(N2CCN(c3ncc(-c4ccc(-n5cnn(C6CCNC6)c5=O)c(F)c4)cc3C#N)CC2)nc1. The van der Waals surface area contributed by atoms with Gasteiger partial charge < -0.3 is 15.1 Å². The fourth-order valence-corrected chi connectivity index (χ4v) is 5.22. The average Bonchev–Trinajstić information content (AvgIpc) is 3.67. The van der Waals surface area contributed by atoms with Crippen molar-refractivity contribution in [3.8, 4) is 22.9 Å². The Morgan fingerprint density at radius 1 is 1.05 bits per heavy atom. The topological polar surface area (TPSA) is 121 Å². The van der Waals surface area contributed by atoms with E-state index in [1.54, 1.807) is 24.4 Å². The van der Waals surface area contributed by atoms with Crippen molar-refractivity contribution in [2.75, 3.05) is 49.1 Å². The van der Waals surface area contributed by atoms with Crippen molar-refractivity contribution < 1.29 is 4.39 Å². The molecule has 2 aliphatic rings. The molecule has 6 rings (SSSR count). The minimum absolute atomic E-state index is 0.0336. The summed E-state index contributed by atoms with van der Waals surface area (Å²) in [6.45, 7) is 6.31. The lowest BCUT2D eigenvalue weighted by molar-refractivity contribution is 0.472. The number of benzene rings is 1. The minimum Gasteiger partial charge on any atom is -0.352 e.